The minimum Gasteiger partial charge on any atom is -0.493 e. The third-order valence-corrected chi connectivity index (χ3v) is 5.60. The average molecular weight is 380 g/mol. The molecular formula is C24H29NO3. The van der Waals surface area contributed by atoms with Crippen LogP contribution in [0.25, 0.3) is 0 Å². The zero-order chi connectivity index (χ0) is 20.1. The molecule has 2 aromatic rings. The molecule has 0 bridgehead atoms. The van der Waals surface area contributed by atoms with Crippen molar-refractivity contribution in [3.63, 3.8) is 0 Å². The van der Waals surface area contributed by atoms with Gasteiger partial charge in [-0.1, -0.05) is 44.2 Å². The van der Waals surface area contributed by atoms with Crippen molar-refractivity contribution in [1.29, 1.82) is 0 Å². The van der Waals surface area contributed by atoms with Crippen LogP contribution in [0.4, 0.5) is 0 Å². The van der Waals surface area contributed by atoms with Gasteiger partial charge in [0.05, 0.1) is 17.7 Å². The largest absolute Gasteiger partial charge is 0.493 e. The van der Waals surface area contributed by atoms with Crippen molar-refractivity contribution in [2.45, 2.75) is 58.4 Å². The van der Waals surface area contributed by atoms with Crippen molar-refractivity contribution >= 4 is 11.8 Å². The van der Waals surface area contributed by atoms with Crippen molar-refractivity contribution in [2.75, 3.05) is 6.61 Å². The highest BCUT2D eigenvalue weighted by molar-refractivity contribution is 6.21. The van der Waals surface area contributed by atoms with Gasteiger partial charge in [-0.3, -0.25) is 14.5 Å². The monoisotopic (exact) mass is 379 g/mol. The number of imide groups is 1. The van der Waals surface area contributed by atoms with E-state index in [9.17, 15) is 9.59 Å². The van der Waals surface area contributed by atoms with Crippen LogP contribution in [0.3, 0.4) is 0 Å². The van der Waals surface area contributed by atoms with Crippen LogP contribution in [-0.4, -0.2) is 29.4 Å². The van der Waals surface area contributed by atoms with Crippen LogP contribution in [0.5, 0.6) is 5.75 Å². The second-order valence-electron chi connectivity index (χ2n) is 7.57. The van der Waals surface area contributed by atoms with Crippen LogP contribution in [0, 0.1) is 0 Å². The molecule has 3 rings (SSSR count). The van der Waals surface area contributed by atoms with E-state index in [1.54, 1.807) is 24.3 Å². The van der Waals surface area contributed by atoms with E-state index in [0.717, 1.165) is 31.4 Å². The number of unbranched alkanes of at least 4 members (excludes halogenated alkanes) is 1. The number of nitrogens with zero attached hydrogens (tertiary/aromatic N) is 1. The molecule has 1 heterocycles. The van der Waals surface area contributed by atoms with Crippen molar-refractivity contribution < 1.29 is 14.3 Å². The second kappa shape index (κ2) is 9.05. The standard InChI is InChI=1S/C24H29NO3/c1-4-17(2)19-12-7-8-15-22(19)28-16-10-9-11-18(3)25-23(26)20-13-5-6-14-21(20)24(25)27/h5-8,12-15,17-18H,4,9-11,16H2,1-3H3. The fourth-order valence-corrected chi connectivity index (χ4v) is 3.70. The van der Waals surface area contributed by atoms with E-state index >= 15 is 0 Å². The van der Waals surface area contributed by atoms with Crippen LogP contribution in [0.15, 0.2) is 48.5 Å². The summed E-state index contributed by atoms with van der Waals surface area (Å²) in [5, 5.41) is 0. The topological polar surface area (TPSA) is 46.6 Å². The molecule has 148 valence electrons. The Hall–Kier alpha value is -2.62. The number of hydrogen-bond acceptors (Lipinski definition) is 3. The predicted octanol–water partition coefficient (Wildman–Crippen LogP) is 5.43. The number of carbonyl (C=O) groups is 2. The van der Waals surface area contributed by atoms with E-state index in [4.69, 9.17) is 4.74 Å². The van der Waals surface area contributed by atoms with Gasteiger partial charge in [-0.25, -0.2) is 0 Å². The summed E-state index contributed by atoms with van der Waals surface area (Å²) in [7, 11) is 0. The molecule has 28 heavy (non-hydrogen) atoms. The van der Waals surface area contributed by atoms with Crippen molar-refractivity contribution in [2.24, 2.45) is 0 Å². The van der Waals surface area contributed by atoms with E-state index in [1.807, 2.05) is 19.1 Å². The summed E-state index contributed by atoms with van der Waals surface area (Å²) in [6.07, 6.45) is 3.66. The number of hydrogen-bond donors (Lipinski definition) is 0. The van der Waals surface area contributed by atoms with Gasteiger partial charge in [0.2, 0.25) is 0 Å². The summed E-state index contributed by atoms with van der Waals surface area (Å²) >= 11 is 0. The van der Waals surface area contributed by atoms with Crippen molar-refractivity contribution in [3.8, 4) is 5.75 Å². The maximum absolute atomic E-state index is 12.5. The van der Waals surface area contributed by atoms with Crippen LogP contribution in [0.2, 0.25) is 0 Å². The SMILES string of the molecule is CCC(C)c1ccccc1OCCCCC(C)N1C(=O)c2ccccc2C1=O. The lowest BCUT2D eigenvalue weighted by molar-refractivity contribution is 0.0587. The summed E-state index contributed by atoms with van der Waals surface area (Å²) in [5.41, 5.74) is 2.29. The van der Waals surface area contributed by atoms with E-state index in [0.29, 0.717) is 23.7 Å². The quantitative estimate of drug-likeness (QED) is 0.431. The van der Waals surface area contributed by atoms with Gasteiger partial charge in [0.15, 0.2) is 0 Å². The molecule has 2 unspecified atom stereocenters. The molecule has 4 nitrogen and oxygen atoms in total. The number of benzene rings is 2. The first-order valence-electron chi connectivity index (χ1n) is 10.2. The van der Waals surface area contributed by atoms with Crippen molar-refractivity contribution in [1.82, 2.24) is 4.90 Å². The number of rotatable bonds is 9. The van der Waals surface area contributed by atoms with E-state index in [-0.39, 0.29) is 17.9 Å². The van der Waals surface area contributed by atoms with Crippen molar-refractivity contribution in [3.05, 3.63) is 65.2 Å². The molecule has 0 aliphatic carbocycles. The van der Waals surface area contributed by atoms with Crippen LogP contribution >= 0.6 is 0 Å². The van der Waals surface area contributed by atoms with Gasteiger partial charge in [0, 0.05) is 6.04 Å². The summed E-state index contributed by atoms with van der Waals surface area (Å²) in [6, 6.07) is 15.2. The van der Waals surface area contributed by atoms with Gasteiger partial charge >= 0.3 is 0 Å². The summed E-state index contributed by atoms with van der Waals surface area (Å²) in [5.74, 6) is 1.09. The number of para-hydroxylation sites is 1. The van der Waals surface area contributed by atoms with Gasteiger partial charge in [0.1, 0.15) is 5.75 Å². The van der Waals surface area contributed by atoms with Gasteiger partial charge in [0.25, 0.3) is 11.8 Å². The van der Waals surface area contributed by atoms with E-state index in [1.165, 1.54) is 10.5 Å². The molecule has 0 fully saturated rings. The molecule has 0 radical (unpaired) electrons. The first kappa shape index (κ1) is 20.1. The Morgan fingerprint density at radius 2 is 1.50 bits per heavy atom. The molecule has 0 aromatic heterocycles. The molecule has 0 N–H and O–H groups in total. The zero-order valence-corrected chi connectivity index (χ0v) is 17.0. The number of carbonyl (C=O) groups excluding carboxylic acids is 2. The third-order valence-electron chi connectivity index (χ3n) is 5.60. The number of amides is 2. The Balaban J connectivity index is 1.48. The fraction of sp³-hybridized carbons (Fsp3) is 0.417. The highest BCUT2D eigenvalue weighted by Gasteiger charge is 2.37. The zero-order valence-electron chi connectivity index (χ0n) is 17.0. The minimum atomic E-state index is -0.174. The highest BCUT2D eigenvalue weighted by atomic mass is 16.5. The lowest BCUT2D eigenvalue weighted by atomic mass is 9.98. The van der Waals surface area contributed by atoms with Gasteiger partial charge in [-0.05, 0) is 62.3 Å². The summed E-state index contributed by atoms with van der Waals surface area (Å²) in [6.45, 7) is 6.98. The fourth-order valence-electron chi connectivity index (χ4n) is 3.70. The minimum absolute atomic E-state index is 0.111. The maximum atomic E-state index is 12.5. The average Bonchev–Trinajstić information content (AvgIpc) is 2.98. The van der Waals surface area contributed by atoms with Crippen LogP contribution < -0.4 is 4.74 Å². The molecule has 2 amide bonds. The molecule has 2 atom stereocenters. The Labute approximate surface area is 167 Å². The molecule has 1 aliphatic rings. The second-order valence-corrected chi connectivity index (χ2v) is 7.57. The maximum Gasteiger partial charge on any atom is 0.261 e. The normalized spacial score (nSPS) is 15.5. The molecule has 0 saturated heterocycles. The molecular weight excluding hydrogens is 350 g/mol. The lowest BCUT2D eigenvalue weighted by Gasteiger charge is -2.22. The van der Waals surface area contributed by atoms with Crippen LogP contribution in [-0.2, 0) is 0 Å². The summed E-state index contributed by atoms with van der Waals surface area (Å²) in [4.78, 5) is 26.5. The van der Waals surface area contributed by atoms with E-state index < -0.39 is 0 Å². The smallest absolute Gasteiger partial charge is 0.261 e. The first-order valence-corrected chi connectivity index (χ1v) is 10.2. The van der Waals surface area contributed by atoms with Gasteiger partial charge in [-0.2, -0.15) is 0 Å². The molecule has 1 aliphatic heterocycles. The molecule has 0 spiro atoms. The molecule has 4 heteroatoms. The number of fused-ring (bicyclic) bond motifs is 1. The third kappa shape index (κ3) is 4.11. The Morgan fingerprint density at radius 1 is 0.893 bits per heavy atom. The van der Waals surface area contributed by atoms with E-state index in [2.05, 4.69) is 26.0 Å². The van der Waals surface area contributed by atoms with Gasteiger partial charge in [-0.15, -0.1) is 0 Å². The lowest BCUT2D eigenvalue weighted by Crippen LogP contribution is -2.37. The first-order chi connectivity index (χ1) is 13.5. The predicted molar refractivity (Wildman–Crippen MR) is 111 cm³/mol. The molecule has 0 saturated carbocycles. The summed E-state index contributed by atoms with van der Waals surface area (Å²) < 4.78 is 6.01. The Bertz CT molecular complexity index is 810. The Kier molecular flexibility index (Phi) is 6.50. The molecule has 2 aromatic carbocycles. The Morgan fingerprint density at radius 3 is 2.14 bits per heavy atom. The van der Waals surface area contributed by atoms with Gasteiger partial charge < -0.3 is 4.74 Å². The van der Waals surface area contributed by atoms with Crippen LogP contribution in [0.1, 0.15) is 78.7 Å². The highest BCUT2D eigenvalue weighted by Crippen LogP contribution is 2.29. The number of ether oxygens (including phenoxy) is 1.